The summed E-state index contributed by atoms with van der Waals surface area (Å²) in [5, 5.41) is 0. The van der Waals surface area contributed by atoms with E-state index < -0.39 is 10.0 Å². The molecule has 1 unspecified atom stereocenters. The summed E-state index contributed by atoms with van der Waals surface area (Å²) in [4.78, 5) is 25.1. The van der Waals surface area contributed by atoms with Crippen LogP contribution in [0.25, 0.3) is 0 Å². The standard InChI is InChI=1S/C21H29N5O4S/c1-15(27)26-12-6-7-19(26)21-22-16(13-20(23-21)24(2)3)14-25(4)31(28,29)18-10-8-17(30-5)9-11-18/h8-11,13,19H,6-7,12,14H2,1-5H3. The molecule has 1 aromatic carbocycles. The molecule has 168 valence electrons. The van der Waals surface area contributed by atoms with Crippen molar-refractivity contribution in [1.29, 1.82) is 0 Å². The Morgan fingerprint density at radius 3 is 2.45 bits per heavy atom. The molecule has 1 fully saturated rings. The molecule has 0 N–H and O–H groups in total. The highest BCUT2D eigenvalue weighted by Gasteiger charge is 2.31. The third kappa shape index (κ3) is 4.96. The van der Waals surface area contributed by atoms with Crippen LogP contribution in [0, 0.1) is 0 Å². The Bertz CT molecular complexity index is 1040. The summed E-state index contributed by atoms with van der Waals surface area (Å²) in [6.45, 7) is 2.30. The van der Waals surface area contributed by atoms with Crippen LogP contribution < -0.4 is 9.64 Å². The van der Waals surface area contributed by atoms with Gasteiger partial charge in [-0.2, -0.15) is 4.31 Å². The van der Waals surface area contributed by atoms with Gasteiger partial charge in [0.2, 0.25) is 15.9 Å². The van der Waals surface area contributed by atoms with Crippen molar-refractivity contribution in [3.05, 3.63) is 41.9 Å². The average molecular weight is 448 g/mol. The van der Waals surface area contributed by atoms with Gasteiger partial charge in [0, 0.05) is 40.7 Å². The van der Waals surface area contributed by atoms with Gasteiger partial charge < -0.3 is 14.5 Å². The van der Waals surface area contributed by atoms with E-state index in [1.807, 2.05) is 19.0 Å². The SMILES string of the molecule is COc1ccc(S(=O)(=O)N(C)Cc2cc(N(C)C)nc(C3CCCN3C(C)=O)n2)cc1. The lowest BCUT2D eigenvalue weighted by molar-refractivity contribution is -0.129. The summed E-state index contributed by atoms with van der Waals surface area (Å²) in [5.41, 5.74) is 0.573. The first-order valence-electron chi connectivity index (χ1n) is 10.1. The number of aromatic nitrogens is 2. The molecule has 0 radical (unpaired) electrons. The predicted octanol–water partition coefficient (Wildman–Crippen LogP) is 2.06. The first-order chi connectivity index (χ1) is 14.6. The highest BCUT2D eigenvalue weighted by molar-refractivity contribution is 7.89. The Labute approximate surface area is 183 Å². The van der Waals surface area contributed by atoms with E-state index in [0.29, 0.717) is 29.6 Å². The maximum absolute atomic E-state index is 13.0. The van der Waals surface area contributed by atoms with E-state index in [1.165, 1.54) is 30.6 Å². The Kier molecular flexibility index (Phi) is 6.80. The van der Waals surface area contributed by atoms with E-state index in [9.17, 15) is 13.2 Å². The van der Waals surface area contributed by atoms with Crippen LogP contribution in [0.4, 0.5) is 5.82 Å². The van der Waals surface area contributed by atoms with Crippen LogP contribution in [-0.2, 0) is 21.4 Å². The fraction of sp³-hybridized carbons (Fsp3) is 0.476. The van der Waals surface area contributed by atoms with Crippen molar-refractivity contribution >= 4 is 21.7 Å². The van der Waals surface area contributed by atoms with Crippen molar-refractivity contribution in [2.45, 2.75) is 37.2 Å². The minimum atomic E-state index is -3.71. The van der Waals surface area contributed by atoms with Gasteiger partial charge in [0.05, 0.1) is 30.3 Å². The second-order valence-electron chi connectivity index (χ2n) is 7.78. The van der Waals surface area contributed by atoms with Gasteiger partial charge in [0.1, 0.15) is 11.6 Å². The minimum absolute atomic E-state index is 0.0119. The maximum Gasteiger partial charge on any atom is 0.243 e. The smallest absolute Gasteiger partial charge is 0.243 e. The molecule has 1 atom stereocenters. The molecule has 0 spiro atoms. The van der Waals surface area contributed by atoms with Crippen molar-refractivity contribution in [3.63, 3.8) is 0 Å². The highest BCUT2D eigenvalue weighted by Crippen LogP contribution is 2.31. The molecule has 0 aliphatic carbocycles. The van der Waals surface area contributed by atoms with Crippen LogP contribution in [0.1, 0.15) is 37.3 Å². The zero-order valence-corrected chi connectivity index (χ0v) is 19.4. The average Bonchev–Trinajstić information content (AvgIpc) is 3.24. The Hall–Kier alpha value is -2.72. The van der Waals surface area contributed by atoms with Crippen LogP contribution in [0.3, 0.4) is 0 Å². The molecule has 3 rings (SSSR count). The van der Waals surface area contributed by atoms with Gasteiger partial charge in [-0.05, 0) is 37.1 Å². The maximum atomic E-state index is 13.0. The number of hydrogen-bond donors (Lipinski definition) is 0. The molecule has 9 nitrogen and oxygen atoms in total. The number of carbonyl (C=O) groups is 1. The Morgan fingerprint density at radius 1 is 1.19 bits per heavy atom. The van der Waals surface area contributed by atoms with Crippen LogP contribution in [-0.4, -0.2) is 68.3 Å². The number of benzene rings is 1. The summed E-state index contributed by atoms with van der Waals surface area (Å²) < 4.78 is 32.4. The lowest BCUT2D eigenvalue weighted by Crippen LogP contribution is -2.31. The first-order valence-corrected chi connectivity index (χ1v) is 11.5. The number of amides is 1. The number of likely N-dealkylation sites (tertiary alicyclic amines) is 1. The first kappa shape index (κ1) is 23.0. The number of rotatable bonds is 7. The molecule has 1 aliphatic heterocycles. The zero-order chi connectivity index (χ0) is 22.8. The van der Waals surface area contributed by atoms with Crippen molar-refractivity contribution < 1.29 is 17.9 Å². The van der Waals surface area contributed by atoms with Crippen molar-refractivity contribution in [1.82, 2.24) is 19.2 Å². The fourth-order valence-corrected chi connectivity index (χ4v) is 4.76. The van der Waals surface area contributed by atoms with E-state index in [2.05, 4.69) is 9.97 Å². The second-order valence-corrected chi connectivity index (χ2v) is 9.82. The van der Waals surface area contributed by atoms with Crippen molar-refractivity contribution in [3.8, 4) is 5.75 Å². The van der Waals surface area contributed by atoms with Crippen molar-refractivity contribution in [2.75, 3.05) is 39.7 Å². The number of hydrogen-bond acceptors (Lipinski definition) is 7. The van der Waals surface area contributed by atoms with E-state index in [0.717, 1.165) is 12.8 Å². The largest absolute Gasteiger partial charge is 0.497 e. The summed E-state index contributed by atoms with van der Waals surface area (Å²) in [6.07, 6.45) is 1.68. The van der Waals surface area contributed by atoms with Crippen LogP contribution in [0.5, 0.6) is 5.75 Å². The zero-order valence-electron chi connectivity index (χ0n) is 18.6. The van der Waals surface area contributed by atoms with Gasteiger partial charge in [-0.3, -0.25) is 4.79 Å². The molecule has 1 amide bonds. The number of anilines is 1. The van der Waals surface area contributed by atoms with Gasteiger partial charge in [0.15, 0.2) is 5.82 Å². The second kappa shape index (κ2) is 9.19. The van der Waals surface area contributed by atoms with Crippen molar-refractivity contribution in [2.24, 2.45) is 0 Å². The van der Waals surface area contributed by atoms with Crippen LogP contribution in [0.2, 0.25) is 0 Å². The summed E-state index contributed by atoms with van der Waals surface area (Å²) in [6, 6.07) is 7.85. The topological polar surface area (TPSA) is 95.9 Å². The van der Waals surface area contributed by atoms with Crippen LogP contribution in [0.15, 0.2) is 35.2 Å². The molecule has 10 heteroatoms. The van der Waals surface area contributed by atoms with Crippen LogP contribution >= 0.6 is 0 Å². The van der Waals surface area contributed by atoms with Gasteiger partial charge >= 0.3 is 0 Å². The summed E-state index contributed by atoms with van der Waals surface area (Å²) in [5.74, 6) is 1.79. The van der Waals surface area contributed by atoms with E-state index in [1.54, 1.807) is 30.0 Å². The quantitative estimate of drug-likeness (QED) is 0.641. The highest BCUT2D eigenvalue weighted by atomic mass is 32.2. The predicted molar refractivity (Wildman–Crippen MR) is 117 cm³/mol. The Morgan fingerprint density at radius 2 is 1.87 bits per heavy atom. The van der Waals surface area contributed by atoms with Gasteiger partial charge in [-0.25, -0.2) is 18.4 Å². The monoisotopic (exact) mass is 447 g/mol. The van der Waals surface area contributed by atoms with Gasteiger partial charge in [-0.1, -0.05) is 0 Å². The third-order valence-corrected chi connectivity index (χ3v) is 7.17. The molecule has 2 aromatic rings. The molecule has 0 saturated carbocycles. The fourth-order valence-electron chi connectivity index (χ4n) is 3.61. The lowest BCUT2D eigenvalue weighted by Gasteiger charge is -2.24. The molecule has 31 heavy (non-hydrogen) atoms. The normalized spacial score (nSPS) is 16.6. The molecule has 1 aliphatic rings. The third-order valence-electron chi connectivity index (χ3n) is 5.35. The van der Waals surface area contributed by atoms with E-state index in [-0.39, 0.29) is 23.4 Å². The van der Waals surface area contributed by atoms with E-state index in [4.69, 9.17) is 4.74 Å². The number of sulfonamides is 1. The molecule has 1 aromatic heterocycles. The molecule has 2 heterocycles. The van der Waals surface area contributed by atoms with Gasteiger partial charge in [-0.15, -0.1) is 0 Å². The lowest BCUT2D eigenvalue weighted by atomic mass is 10.2. The number of ether oxygens (including phenoxy) is 1. The summed E-state index contributed by atoms with van der Waals surface area (Å²) in [7, 11) is 3.07. The molecule has 0 bridgehead atoms. The summed E-state index contributed by atoms with van der Waals surface area (Å²) >= 11 is 0. The number of carbonyl (C=O) groups excluding carboxylic acids is 1. The molecular weight excluding hydrogens is 418 g/mol. The number of nitrogens with zero attached hydrogens (tertiary/aromatic N) is 5. The Balaban J connectivity index is 1.90. The van der Waals surface area contributed by atoms with E-state index >= 15 is 0 Å². The minimum Gasteiger partial charge on any atom is -0.497 e. The van der Waals surface area contributed by atoms with Gasteiger partial charge in [0.25, 0.3) is 0 Å². The molecular formula is C21H29N5O4S. The molecule has 1 saturated heterocycles. The number of methoxy groups -OCH3 is 1.